The van der Waals surface area contributed by atoms with Crippen molar-refractivity contribution in [3.05, 3.63) is 59.8 Å². The number of morpholine rings is 1. The highest BCUT2D eigenvalue weighted by atomic mass is 32.2. The maximum absolute atomic E-state index is 12.4. The molecule has 4 rings (SSSR count). The number of hydrogen-bond donors (Lipinski definition) is 2. The molecule has 0 amide bonds. The number of aryl methyl sites for hydroxylation is 1. The summed E-state index contributed by atoms with van der Waals surface area (Å²) in [4.78, 5) is 13.6. The normalized spacial score (nSPS) is 14.2. The van der Waals surface area contributed by atoms with Crippen LogP contribution in [0, 0.1) is 6.92 Å². The van der Waals surface area contributed by atoms with E-state index in [1.54, 1.807) is 18.3 Å². The fraction of sp³-hybridized carbons (Fsp3) is 0.385. The summed E-state index contributed by atoms with van der Waals surface area (Å²) in [5.74, 6) is 1.04. The summed E-state index contributed by atoms with van der Waals surface area (Å²) in [5.41, 5.74) is 4.23. The van der Waals surface area contributed by atoms with Crippen LogP contribution in [-0.4, -0.2) is 62.1 Å². The Labute approximate surface area is 212 Å². The van der Waals surface area contributed by atoms with Gasteiger partial charge in [-0.05, 0) is 62.2 Å². The van der Waals surface area contributed by atoms with E-state index in [1.165, 1.54) is 6.26 Å². The molecule has 0 unspecified atom stereocenters. The number of aliphatic hydroxyl groups excluding tert-OH is 1. The van der Waals surface area contributed by atoms with E-state index < -0.39 is 9.84 Å². The Bertz CT molecular complexity index is 1320. The van der Waals surface area contributed by atoms with E-state index in [0.717, 1.165) is 22.5 Å². The smallest absolute Gasteiger partial charge is 0.229 e. The van der Waals surface area contributed by atoms with Gasteiger partial charge in [0.2, 0.25) is 5.95 Å². The summed E-state index contributed by atoms with van der Waals surface area (Å²) in [7, 11) is -3.43. The van der Waals surface area contributed by atoms with Crippen LogP contribution in [0.4, 0.5) is 28.8 Å². The third-order valence-corrected chi connectivity index (χ3v) is 7.16. The standard InChI is InChI=1S/C26H33N5O4S/c1-18(2)31(24-13-20(17-32)6-5-19(24)3)25-7-8-27-26(29-25)28-21-14-22(30-9-11-35-12-10-30)16-23(15-21)36(4,33)34/h5-8,13-16,18,32H,9-12,17H2,1-4H3,(H,27,28,29). The van der Waals surface area contributed by atoms with Crippen molar-refractivity contribution in [2.45, 2.75) is 38.3 Å². The molecule has 192 valence electrons. The fourth-order valence-electron chi connectivity index (χ4n) is 4.23. The maximum atomic E-state index is 12.4. The first-order chi connectivity index (χ1) is 17.2. The number of aromatic nitrogens is 2. The number of anilines is 5. The van der Waals surface area contributed by atoms with Gasteiger partial charge < -0.3 is 25.0 Å². The van der Waals surface area contributed by atoms with Gasteiger partial charge in [-0.15, -0.1) is 0 Å². The van der Waals surface area contributed by atoms with Gasteiger partial charge in [-0.25, -0.2) is 13.4 Å². The monoisotopic (exact) mass is 511 g/mol. The molecule has 1 aromatic heterocycles. The quantitative estimate of drug-likeness (QED) is 0.467. The van der Waals surface area contributed by atoms with E-state index in [4.69, 9.17) is 9.72 Å². The summed E-state index contributed by atoms with van der Waals surface area (Å²) in [6.45, 7) is 8.70. The second kappa shape index (κ2) is 10.8. The first-order valence-electron chi connectivity index (χ1n) is 11.9. The Morgan fingerprint density at radius 2 is 1.89 bits per heavy atom. The minimum atomic E-state index is -3.43. The van der Waals surface area contributed by atoms with Crippen molar-refractivity contribution >= 4 is 38.7 Å². The van der Waals surface area contributed by atoms with E-state index >= 15 is 0 Å². The van der Waals surface area contributed by atoms with Crippen molar-refractivity contribution in [1.29, 1.82) is 0 Å². The minimum absolute atomic E-state index is 0.0437. The van der Waals surface area contributed by atoms with Crippen LogP contribution in [0.15, 0.2) is 53.6 Å². The number of rotatable bonds is 8. The van der Waals surface area contributed by atoms with Crippen LogP contribution >= 0.6 is 0 Å². The zero-order chi connectivity index (χ0) is 25.9. The molecule has 0 radical (unpaired) electrons. The highest BCUT2D eigenvalue weighted by Gasteiger charge is 2.19. The molecular weight excluding hydrogens is 478 g/mol. The Morgan fingerprint density at radius 1 is 1.14 bits per heavy atom. The lowest BCUT2D eigenvalue weighted by molar-refractivity contribution is 0.122. The van der Waals surface area contributed by atoms with Crippen LogP contribution in [0.2, 0.25) is 0 Å². The van der Waals surface area contributed by atoms with Crippen molar-refractivity contribution in [2.24, 2.45) is 0 Å². The van der Waals surface area contributed by atoms with Crippen LogP contribution in [-0.2, 0) is 21.2 Å². The van der Waals surface area contributed by atoms with Gasteiger partial charge in [0.15, 0.2) is 9.84 Å². The van der Waals surface area contributed by atoms with Gasteiger partial charge in [-0.3, -0.25) is 0 Å². The number of nitrogens with zero attached hydrogens (tertiary/aromatic N) is 4. The molecular formula is C26H33N5O4S. The van der Waals surface area contributed by atoms with Crippen LogP contribution in [0.25, 0.3) is 0 Å². The van der Waals surface area contributed by atoms with Crippen molar-refractivity contribution in [3.8, 4) is 0 Å². The van der Waals surface area contributed by atoms with Crippen molar-refractivity contribution in [3.63, 3.8) is 0 Å². The predicted octanol–water partition coefficient (Wildman–Crippen LogP) is 3.81. The molecule has 0 atom stereocenters. The van der Waals surface area contributed by atoms with Gasteiger partial charge in [0.1, 0.15) is 5.82 Å². The molecule has 3 aromatic rings. The highest BCUT2D eigenvalue weighted by Crippen LogP contribution is 2.32. The zero-order valence-electron chi connectivity index (χ0n) is 21.1. The van der Waals surface area contributed by atoms with Gasteiger partial charge in [0.05, 0.1) is 24.7 Å². The third-order valence-electron chi connectivity index (χ3n) is 6.07. The third kappa shape index (κ3) is 5.95. The van der Waals surface area contributed by atoms with Crippen molar-refractivity contribution in [1.82, 2.24) is 9.97 Å². The van der Waals surface area contributed by atoms with E-state index in [-0.39, 0.29) is 17.5 Å². The first-order valence-corrected chi connectivity index (χ1v) is 13.8. The second-order valence-corrected chi connectivity index (χ2v) is 11.2. The molecule has 0 bridgehead atoms. The fourth-order valence-corrected chi connectivity index (χ4v) is 4.90. The van der Waals surface area contributed by atoms with Crippen LogP contribution in [0.3, 0.4) is 0 Å². The number of hydrogen-bond acceptors (Lipinski definition) is 9. The van der Waals surface area contributed by atoms with Crippen LogP contribution < -0.4 is 15.1 Å². The van der Waals surface area contributed by atoms with E-state index in [2.05, 4.69) is 33.9 Å². The molecule has 2 N–H and O–H groups in total. The Balaban J connectivity index is 1.70. The van der Waals surface area contributed by atoms with E-state index in [9.17, 15) is 13.5 Å². The number of nitrogens with one attached hydrogen (secondary N) is 1. The first kappa shape index (κ1) is 25.9. The molecule has 10 heteroatoms. The van der Waals surface area contributed by atoms with Gasteiger partial charge in [-0.2, -0.15) is 4.98 Å². The average molecular weight is 512 g/mol. The van der Waals surface area contributed by atoms with Crippen molar-refractivity contribution in [2.75, 3.05) is 47.7 Å². The van der Waals surface area contributed by atoms with Crippen molar-refractivity contribution < 1.29 is 18.3 Å². The lowest BCUT2D eigenvalue weighted by Gasteiger charge is -2.30. The van der Waals surface area contributed by atoms with Crippen LogP contribution in [0.1, 0.15) is 25.0 Å². The molecule has 9 nitrogen and oxygen atoms in total. The Morgan fingerprint density at radius 3 is 2.56 bits per heavy atom. The molecule has 0 saturated carbocycles. The minimum Gasteiger partial charge on any atom is -0.392 e. The summed E-state index contributed by atoms with van der Waals surface area (Å²) >= 11 is 0. The Hall–Kier alpha value is -3.21. The molecule has 1 saturated heterocycles. The van der Waals surface area contributed by atoms with E-state index in [1.807, 2.05) is 37.3 Å². The van der Waals surface area contributed by atoms with Gasteiger partial charge >= 0.3 is 0 Å². The average Bonchev–Trinajstić information content (AvgIpc) is 2.85. The van der Waals surface area contributed by atoms with E-state index in [0.29, 0.717) is 43.8 Å². The Kier molecular flexibility index (Phi) is 7.77. The summed E-state index contributed by atoms with van der Waals surface area (Å²) in [6, 6.07) is 13.0. The topological polar surface area (TPSA) is 108 Å². The molecule has 2 aromatic carbocycles. The molecule has 36 heavy (non-hydrogen) atoms. The van der Waals surface area contributed by atoms with Gasteiger partial charge in [0, 0.05) is 48.6 Å². The lowest BCUT2D eigenvalue weighted by Crippen LogP contribution is -2.36. The molecule has 1 aliphatic heterocycles. The number of ether oxygens (including phenoxy) is 1. The molecule has 0 aliphatic carbocycles. The largest absolute Gasteiger partial charge is 0.392 e. The summed E-state index contributed by atoms with van der Waals surface area (Å²) in [6.07, 6.45) is 2.88. The highest BCUT2D eigenvalue weighted by molar-refractivity contribution is 7.90. The van der Waals surface area contributed by atoms with Crippen LogP contribution in [0.5, 0.6) is 0 Å². The number of aliphatic hydroxyl groups is 1. The zero-order valence-corrected chi connectivity index (χ0v) is 21.9. The molecule has 1 aliphatic rings. The molecule has 1 fully saturated rings. The van der Waals surface area contributed by atoms with Gasteiger partial charge in [0.25, 0.3) is 0 Å². The molecule has 2 heterocycles. The maximum Gasteiger partial charge on any atom is 0.229 e. The summed E-state index contributed by atoms with van der Waals surface area (Å²) in [5, 5.41) is 12.8. The molecule has 0 spiro atoms. The lowest BCUT2D eigenvalue weighted by atomic mass is 10.1. The number of sulfone groups is 1. The SMILES string of the molecule is Cc1ccc(CO)cc1N(c1ccnc(Nc2cc(N3CCOCC3)cc(S(C)(=O)=O)c2)n1)C(C)C. The number of benzene rings is 2. The van der Waals surface area contributed by atoms with Gasteiger partial charge in [-0.1, -0.05) is 12.1 Å². The summed E-state index contributed by atoms with van der Waals surface area (Å²) < 4.78 is 30.3. The predicted molar refractivity (Wildman–Crippen MR) is 142 cm³/mol. The second-order valence-electron chi connectivity index (χ2n) is 9.19.